The highest BCUT2D eigenvalue weighted by molar-refractivity contribution is 5.88. The van der Waals surface area contributed by atoms with Gasteiger partial charge in [-0.05, 0) is 25.0 Å². The summed E-state index contributed by atoms with van der Waals surface area (Å²) in [4.78, 5) is 26.7. The lowest BCUT2D eigenvalue weighted by Gasteiger charge is -2.36. The van der Waals surface area contributed by atoms with Gasteiger partial charge in [0, 0.05) is 38.5 Å². The van der Waals surface area contributed by atoms with Crippen LogP contribution in [0.3, 0.4) is 0 Å². The van der Waals surface area contributed by atoms with E-state index < -0.39 is 0 Å². The molecule has 1 aliphatic heterocycles. The number of piperazine rings is 1. The second kappa shape index (κ2) is 10.1. The number of fused-ring (bicyclic) bond motifs is 1. The fraction of sp³-hybridized carbons (Fsp3) is 0.520. The van der Waals surface area contributed by atoms with Gasteiger partial charge in [-0.2, -0.15) is 5.10 Å². The van der Waals surface area contributed by atoms with Crippen LogP contribution in [0.25, 0.3) is 16.7 Å². The maximum absolute atomic E-state index is 12.5. The first-order chi connectivity index (χ1) is 15.6. The number of unbranched alkanes of at least 4 members (excludes halogenated alkanes) is 1. The zero-order valence-electron chi connectivity index (χ0n) is 19.5. The number of nitrogens with zero attached hydrogens (tertiary/aromatic N) is 6. The molecule has 32 heavy (non-hydrogen) atoms. The van der Waals surface area contributed by atoms with E-state index in [1.807, 2.05) is 46.1 Å². The van der Waals surface area contributed by atoms with E-state index in [-0.39, 0.29) is 11.8 Å². The third kappa shape index (κ3) is 4.61. The fourth-order valence-electron chi connectivity index (χ4n) is 4.35. The molecule has 7 heteroatoms. The molecule has 3 heterocycles. The molecule has 170 valence electrons. The fourth-order valence-corrected chi connectivity index (χ4v) is 4.35. The minimum absolute atomic E-state index is 0.272. The molecular formula is C25H34N6O. The van der Waals surface area contributed by atoms with Crippen LogP contribution in [0.4, 0.5) is 5.82 Å². The molecule has 1 aliphatic rings. The minimum Gasteiger partial charge on any atom is -0.352 e. The van der Waals surface area contributed by atoms with Crippen molar-refractivity contribution in [3.05, 3.63) is 42.4 Å². The van der Waals surface area contributed by atoms with Gasteiger partial charge in [0.1, 0.15) is 11.6 Å². The molecule has 1 amide bonds. The Morgan fingerprint density at radius 3 is 2.47 bits per heavy atom. The highest BCUT2D eigenvalue weighted by Gasteiger charge is 2.25. The third-order valence-corrected chi connectivity index (χ3v) is 6.26. The lowest BCUT2D eigenvalue weighted by atomic mass is 10.1. The molecule has 0 aliphatic carbocycles. The summed E-state index contributed by atoms with van der Waals surface area (Å²) in [5.41, 5.74) is 1.84. The first-order valence-corrected chi connectivity index (χ1v) is 12.0. The Morgan fingerprint density at radius 2 is 1.78 bits per heavy atom. The minimum atomic E-state index is 0.272. The Kier molecular flexibility index (Phi) is 7.02. The normalized spacial score (nSPS) is 15.3. The van der Waals surface area contributed by atoms with Crippen LogP contribution in [0, 0.1) is 0 Å². The Balaban J connectivity index is 1.66. The second-order valence-electron chi connectivity index (χ2n) is 8.70. The molecule has 2 aromatic heterocycles. The summed E-state index contributed by atoms with van der Waals surface area (Å²) < 4.78 is 1.91. The number of hydrogen-bond acceptors (Lipinski definition) is 5. The average molecular weight is 435 g/mol. The van der Waals surface area contributed by atoms with E-state index in [4.69, 9.17) is 9.97 Å². The van der Waals surface area contributed by atoms with Crippen molar-refractivity contribution in [2.24, 2.45) is 0 Å². The molecule has 1 fully saturated rings. The van der Waals surface area contributed by atoms with Gasteiger partial charge < -0.3 is 9.80 Å². The first kappa shape index (κ1) is 22.2. The Hall–Kier alpha value is -2.96. The summed E-state index contributed by atoms with van der Waals surface area (Å²) in [5, 5.41) is 5.63. The van der Waals surface area contributed by atoms with Gasteiger partial charge >= 0.3 is 0 Å². The zero-order valence-corrected chi connectivity index (χ0v) is 19.5. The third-order valence-electron chi connectivity index (χ3n) is 6.26. The highest BCUT2D eigenvalue weighted by atomic mass is 16.2. The average Bonchev–Trinajstić information content (AvgIpc) is 3.27. The maximum atomic E-state index is 12.5. The van der Waals surface area contributed by atoms with Gasteiger partial charge in [-0.15, -0.1) is 0 Å². The van der Waals surface area contributed by atoms with Crippen molar-refractivity contribution in [2.75, 3.05) is 31.1 Å². The van der Waals surface area contributed by atoms with E-state index in [1.165, 1.54) is 0 Å². The van der Waals surface area contributed by atoms with E-state index in [0.29, 0.717) is 6.42 Å². The van der Waals surface area contributed by atoms with Crippen molar-refractivity contribution in [3.63, 3.8) is 0 Å². The number of carbonyl (C=O) groups is 1. The standard InChI is InChI=1S/C25H34N6O/c1-4-6-13-22(32)29-14-16-30(17-15-29)24-21-18-26-31(20-11-8-7-9-12-20)25(21)28-23(27-24)19(3)10-5-2/h7-9,11-12,18-19H,4-6,10,13-17H2,1-3H3. The maximum Gasteiger partial charge on any atom is 0.222 e. The van der Waals surface area contributed by atoms with Crippen LogP contribution < -0.4 is 4.90 Å². The summed E-state index contributed by atoms with van der Waals surface area (Å²) in [6.45, 7) is 9.55. The van der Waals surface area contributed by atoms with Crippen LogP contribution in [0.15, 0.2) is 36.5 Å². The Labute approximate surface area is 190 Å². The Bertz CT molecular complexity index is 1040. The van der Waals surface area contributed by atoms with Crippen LogP contribution in [-0.2, 0) is 4.79 Å². The van der Waals surface area contributed by atoms with Gasteiger partial charge in [0.15, 0.2) is 5.65 Å². The van der Waals surface area contributed by atoms with E-state index in [9.17, 15) is 4.79 Å². The molecule has 1 atom stereocenters. The van der Waals surface area contributed by atoms with Crippen molar-refractivity contribution in [1.29, 1.82) is 0 Å². The number of para-hydroxylation sites is 1. The van der Waals surface area contributed by atoms with Gasteiger partial charge in [-0.3, -0.25) is 4.79 Å². The van der Waals surface area contributed by atoms with Crippen molar-refractivity contribution in [1.82, 2.24) is 24.6 Å². The first-order valence-electron chi connectivity index (χ1n) is 12.0. The van der Waals surface area contributed by atoms with Crippen LogP contribution in [0.2, 0.25) is 0 Å². The van der Waals surface area contributed by atoms with Gasteiger partial charge in [-0.25, -0.2) is 14.6 Å². The van der Waals surface area contributed by atoms with Gasteiger partial charge in [0.25, 0.3) is 0 Å². The number of hydrogen-bond donors (Lipinski definition) is 0. The van der Waals surface area contributed by atoms with E-state index in [1.54, 1.807) is 0 Å². The van der Waals surface area contributed by atoms with E-state index in [0.717, 1.165) is 80.2 Å². The van der Waals surface area contributed by atoms with Crippen molar-refractivity contribution in [2.45, 2.75) is 58.8 Å². The monoisotopic (exact) mass is 434 g/mol. The number of aromatic nitrogens is 4. The summed E-state index contributed by atoms with van der Waals surface area (Å²) in [6.07, 6.45) is 6.68. The lowest BCUT2D eigenvalue weighted by molar-refractivity contribution is -0.131. The number of amides is 1. The molecular weight excluding hydrogens is 400 g/mol. The number of benzene rings is 1. The molecule has 1 aromatic carbocycles. The molecule has 0 bridgehead atoms. The van der Waals surface area contributed by atoms with Crippen molar-refractivity contribution < 1.29 is 4.79 Å². The smallest absolute Gasteiger partial charge is 0.222 e. The lowest BCUT2D eigenvalue weighted by Crippen LogP contribution is -2.49. The summed E-state index contributed by atoms with van der Waals surface area (Å²) in [7, 11) is 0. The molecule has 0 saturated carbocycles. The molecule has 1 unspecified atom stereocenters. The largest absolute Gasteiger partial charge is 0.352 e. The van der Waals surface area contributed by atoms with Crippen molar-refractivity contribution in [3.8, 4) is 5.69 Å². The second-order valence-corrected chi connectivity index (χ2v) is 8.70. The number of rotatable bonds is 8. The molecule has 0 N–H and O–H groups in total. The van der Waals surface area contributed by atoms with Gasteiger partial charge in [0.2, 0.25) is 5.91 Å². The molecule has 3 aromatic rings. The van der Waals surface area contributed by atoms with Crippen molar-refractivity contribution >= 4 is 22.8 Å². The quantitative estimate of drug-likeness (QED) is 0.520. The molecule has 4 rings (SSSR count). The number of carbonyl (C=O) groups excluding carboxylic acids is 1. The molecule has 0 spiro atoms. The van der Waals surface area contributed by atoms with Crippen LogP contribution in [0.5, 0.6) is 0 Å². The summed E-state index contributed by atoms with van der Waals surface area (Å²) in [6, 6.07) is 10.1. The predicted molar refractivity (Wildman–Crippen MR) is 128 cm³/mol. The molecule has 1 saturated heterocycles. The number of anilines is 1. The topological polar surface area (TPSA) is 67.2 Å². The highest BCUT2D eigenvalue weighted by Crippen LogP contribution is 2.29. The van der Waals surface area contributed by atoms with E-state index in [2.05, 4.69) is 30.8 Å². The van der Waals surface area contributed by atoms with Crippen LogP contribution >= 0.6 is 0 Å². The molecule has 7 nitrogen and oxygen atoms in total. The summed E-state index contributed by atoms with van der Waals surface area (Å²) >= 11 is 0. The predicted octanol–water partition coefficient (Wildman–Crippen LogP) is 4.56. The van der Waals surface area contributed by atoms with Crippen LogP contribution in [-0.4, -0.2) is 56.7 Å². The van der Waals surface area contributed by atoms with E-state index >= 15 is 0 Å². The van der Waals surface area contributed by atoms with Crippen LogP contribution in [0.1, 0.15) is 64.6 Å². The zero-order chi connectivity index (χ0) is 22.5. The SMILES string of the molecule is CCCCC(=O)N1CCN(c2nc(C(C)CCC)nc3c2cnn3-c2ccccc2)CC1. The summed E-state index contributed by atoms with van der Waals surface area (Å²) in [5.74, 6) is 2.36. The molecule has 0 radical (unpaired) electrons. The Morgan fingerprint density at radius 1 is 1.03 bits per heavy atom. The van der Waals surface area contributed by atoms with Gasteiger partial charge in [-0.1, -0.05) is 51.8 Å². The van der Waals surface area contributed by atoms with Gasteiger partial charge in [0.05, 0.1) is 17.3 Å².